The van der Waals surface area contributed by atoms with E-state index in [0.717, 1.165) is 22.9 Å². The molecule has 0 radical (unpaired) electrons. The predicted octanol–water partition coefficient (Wildman–Crippen LogP) is 5.03. The molecular formula is C22H23NO4S. The molecular weight excluding hydrogens is 374 g/mol. The molecule has 5 nitrogen and oxygen atoms in total. The molecule has 2 aromatic carbocycles. The molecule has 3 rings (SSSR count). The number of rotatable bonds is 7. The number of hydrogen-bond acceptors (Lipinski definition) is 5. The highest BCUT2D eigenvalue weighted by Gasteiger charge is 2.33. The van der Waals surface area contributed by atoms with Crippen LogP contribution in [0.2, 0.25) is 0 Å². The molecule has 6 heteroatoms. The van der Waals surface area contributed by atoms with Crippen molar-refractivity contribution in [3.8, 4) is 11.5 Å². The van der Waals surface area contributed by atoms with E-state index in [2.05, 4.69) is 12.1 Å². The number of hydrogen-bond donors (Lipinski definition) is 0. The van der Waals surface area contributed by atoms with E-state index in [1.807, 2.05) is 44.2 Å². The van der Waals surface area contributed by atoms with Gasteiger partial charge in [-0.05, 0) is 61.9 Å². The van der Waals surface area contributed by atoms with Crippen molar-refractivity contribution in [2.75, 3.05) is 13.2 Å². The third-order valence-electron chi connectivity index (χ3n) is 4.27. The normalized spacial score (nSPS) is 15.4. The van der Waals surface area contributed by atoms with Gasteiger partial charge in [0, 0.05) is 6.54 Å². The van der Waals surface area contributed by atoms with Gasteiger partial charge < -0.3 is 9.47 Å². The average Bonchev–Trinajstić information content (AvgIpc) is 2.95. The van der Waals surface area contributed by atoms with Crippen molar-refractivity contribution in [3.05, 3.63) is 64.1 Å². The van der Waals surface area contributed by atoms with Crippen LogP contribution in [-0.2, 0) is 11.4 Å². The third-order valence-corrected chi connectivity index (χ3v) is 5.18. The number of imide groups is 1. The second-order valence-corrected chi connectivity index (χ2v) is 7.33. The quantitative estimate of drug-likeness (QED) is 0.614. The lowest BCUT2D eigenvalue weighted by Crippen LogP contribution is -2.27. The molecule has 0 bridgehead atoms. The number of amides is 2. The first kappa shape index (κ1) is 20.0. The molecule has 0 atom stereocenters. The van der Waals surface area contributed by atoms with Gasteiger partial charge in [-0.3, -0.25) is 14.5 Å². The maximum atomic E-state index is 12.3. The Hall–Kier alpha value is -2.73. The van der Waals surface area contributed by atoms with Crippen LogP contribution < -0.4 is 9.47 Å². The van der Waals surface area contributed by atoms with Gasteiger partial charge in [-0.25, -0.2) is 0 Å². The van der Waals surface area contributed by atoms with Crippen LogP contribution in [-0.4, -0.2) is 29.2 Å². The standard InChI is InChI=1S/C22H23NO4S/c1-4-23-21(24)20(28-22(23)25)13-17-10-11-18(19(12-17)26-5-2)27-14-16-8-6-15(3)7-9-16/h6-13H,4-5,14H2,1-3H3. The Morgan fingerprint density at radius 3 is 2.39 bits per heavy atom. The van der Waals surface area contributed by atoms with Crippen LogP contribution in [0.4, 0.5) is 4.79 Å². The zero-order valence-electron chi connectivity index (χ0n) is 16.2. The monoisotopic (exact) mass is 397 g/mol. The lowest BCUT2D eigenvalue weighted by molar-refractivity contribution is -0.122. The van der Waals surface area contributed by atoms with Crippen molar-refractivity contribution in [2.45, 2.75) is 27.4 Å². The fourth-order valence-electron chi connectivity index (χ4n) is 2.77. The highest BCUT2D eigenvalue weighted by atomic mass is 32.2. The molecule has 146 valence electrons. The first-order valence-corrected chi connectivity index (χ1v) is 10.0. The summed E-state index contributed by atoms with van der Waals surface area (Å²) in [4.78, 5) is 25.8. The minimum atomic E-state index is -0.254. The molecule has 0 aromatic heterocycles. The lowest BCUT2D eigenvalue weighted by Gasteiger charge is -2.13. The predicted molar refractivity (Wildman–Crippen MR) is 111 cm³/mol. The second-order valence-electron chi connectivity index (χ2n) is 6.34. The SMILES string of the molecule is CCOc1cc(C=C2SC(=O)N(CC)C2=O)ccc1OCc1ccc(C)cc1. The first-order chi connectivity index (χ1) is 13.5. The zero-order chi connectivity index (χ0) is 20.1. The van der Waals surface area contributed by atoms with Crippen molar-refractivity contribution < 1.29 is 19.1 Å². The second kappa shape index (κ2) is 8.97. The highest BCUT2D eigenvalue weighted by molar-refractivity contribution is 8.18. The van der Waals surface area contributed by atoms with Crippen LogP contribution in [0.25, 0.3) is 6.08 Å². The van der Waals surface area contributed by atoms with Gasteiger partial charge in [0.1, 0.15) is 6.61 Å². The van der Waals surface area contributed by atoms with Crippen molar-refractivity contribution in [2.24, 2.45) is 0 Å². The van der Waals surface area contributed by atoms with E-state index in [0.29, 0.717) is 36.2 Å². The summed E-state index contributed by atoms with van der Waals surface area (Å²) in [6.07, 6.45) is 1.72. The van der Waals surface area contributed by atoms with E-state index >= 15 is 0 Å². The van der Waals surface area contributed by atoms with Crippen molar-refractivity contribution in [1.29, 1.82) is 0 Å². The summed E-state index contributed by atoms with van der Waals surface area (Å²) in [6, 6.07) is 13.7. The van der Waals surface area contributed by atoms with Crippen LogP contribution in [0.5, 0.6) is 11.5 Å². The van der Waals surface area contributed by atoms with Gasteiger partial charge in [-0.2, -0.15) is 0 Å². The summed E-state index contributed by atoms with van der Waals surface area (Å²) in [7, 11) is 0. The van der Waals surface area contributed by atoms with Gasteiger partial charge in [0.2, 0.25) is 0 Å². The molecule has 0 unspecified atom stereocenters. The lowest BCUT2D eigenvalue weighted by atomic mass is 10.1. The van der Waals surface area contributed by atoms with Crippen LogP contribution in [0.3, 0.4) is 0 Å². The van der Waals surface area contributed by atoms with E-state index in [1.165, 1.54) is 10.5 Å². The number of benzene rings is 2. The Bertz CT molecular complexity index is 905. The minimum absolute atomic E-state index is 0.234. The Labute approximate surface area is 169 Å². The Morgan fingerprint density at radius 1 is 1.00 bits per heavy atom. The Morgan fingerprint density at radius 2 is 1.75 bits per heavy atom. The molecule has 2 amide bonds. The molecule has 0 saturated carbocycles. The summed E-state index contributed by atoms with van der Waals surface area (Å²) in [5, 5.41) is -0.234. The van der Waals surface area contributed by atoms with E-state index < -0.39 is 0 Å². The third kappa shape index (κ3) is 4.57. The van der Waals surface area contributed by atoms with E-state index in [9.17, 15) is 9.59 Å². The van der Waals surface area contributed by atoms with Crippen LogP contribution in [0, 0.1) is 6.92 Å². The van der Waals surface area contributed by atoms with Gasteiger partial charge in [0.05, 0.1) is 11.5 Å². The van der Waals surface area contributed by atoms with Gasteiger partial charge >= 0.3 is 0 Å². The van der Waals surface area contributed by atoms with E-state index in [4.69, 9.17) is 9.47 Å². The molecule has 0 spiro atoms. The number of ether oxygens (including phenoxy) is 2. The van der Waals surface area contributed by atoms with E-state index in [1.54, 1.807) is 13.0 Å². The molecule has 1 saturated heterocycles. The van der Waals surface area contributed by atoms with Crippen molar-refractivity contribution in [3.63, 3.8) is 0 Å². The van der Waals surface area contributed by atoms with Crippen LogP contribution >= 0.6 is 11.8 Å². The van der Waals surface area contributed by atoms with Crippen molar-refractivity contribution >= 4 is 29.0 Å². The Kier molecular flexibility index (Phi) is 6.41. The number of thioether (sulfide) groups is 1. The maximum Gasteiger partial charge on any atom is 0.293 e. The summed E-state index contributed by atoms with van der Waals surface area (Å²) in [5.41, 5.74) is 3.06. The van der Waals surface area contributed by atoms with E-state index in [-0.39, 0.29) is 11.1 Å². The fourth-order valence-corrected chi connectivity index (χ4v) is 3.67. The molecule has 0 N–H and O–H groups in total. The number of carbonyl (C=O) groups is 2. The van der Waals surface area contributed by atoms with Crippen LogP contribution in [0.15, 0.2) is 47.4 Å². The van der Waals surface area contributed by atoms with Crippen molar-refractivity contribution in [1.82, 2.24) is 4.90 Å². The summed E-state index contributed by atoms with van der Waals surface area (Å²) in [6.45, 7) is 7.05. The molecule has 0 aliphatic carbocycles. The largest absolute Gasteiger partial charge is 0.490 e. The maximum absolute atomic E-state index is 12.3. The number of carbonyl (C=O) groups excluding carboxylic acids is 2. The van der Waals surface area contributed by atoms with Gasteiger partial charge in [0.25, 0.3) is 11.1 Å². The fraction of sp³-hybridized carbons (Fsp3) is 0.273. The smallest absolute Gasteiger partial charge is 0.293 e. The van der Waals surface area contributed by atoms with Gasteiger partial charge in [0.15, 0.2) is 11.5 Å². The molecule has 1 aliphatic heterocycles. The Balaban J connectivity index is 1.79. The first-order valence-electron chi connectivity index (χ1n) is 9.22. The molecule has 28 heavy (non-hydrogen) atoms. The molecule has 1 aliphatic rings. The van der Waals surface area contributed by atoms with Gasteiger partial charge in [-0.1, -0.05) is 35.9 Å². The topological polar surface area (TPSA) is 55.8 Å². The summed E-state index contributed by atoms with van der Waals surface area (Å²) < 4.78 is 11.6. The van der Waals surface area contributed by atoms with Gasteiger partial charge in [-0.15, -0.1) is 0 Å². The average molecular weight is 397 g/mol. The number of likely N-dealkylation sites (N-methyl/N-ethyl adjacent to an activating group) is 1. The number of nitrogens with zero attached hydrogens (tertiary/aromatic N) is 1. The zero-order valence-corrected chi connectivity index (χ0v) is 17.0. The minimum Gasteiger partial charge on any atom is -0.490 e. The highest BCUT2D eigenvalue weighted by Crippen LogP contribution is 2.34. The van der Waals surface area contributed by atoms with Crippen LogP contribution in [0.1, 0.15) is 30.5 Å². The molecule has 1 fully saturated rings. The summed E-state index contributed by atoms with van der Waals surface area (Å²) in [5.74, 6) is 0.995. The summed E-state index contributed by atoms with van der Waals surface area (Å²) >= 11 is 0.960. The molecule has 1 heterocycles. The number of aryl methyl sites for hydroxylation is 1. The molecule has 2 aromatic rings.